The summed E-state index contributed by atoms with van der Waals surface area (Å²) in [6.07, 6.45) is 45.7. The predicted octanol–water partition coefficient (Wildman–Crippen LogP) is 24.3. The third kappa shape index (κ3) is 28.8. The minimum Gasteiger partial charge on any atom is -0.454 e. The van der Waals surface area contributed by atoms with Gasteiger partial charge in [0, 0.05) is 0 Å². The maximum atomic E-state index is 12.3. The zero-order valence-corrected chi connectivity index (χ0v) is 67.6. The van der Waals surface area contributed by atoms with E-state index in [0.29, 0.717) is 0 Å². The van der Waals surface area contributed by atoms with E-state index >= 15 is 0 Å². The molecule has 6 aliphatic rings. The van der Waals surface area contributed by atoms with Crippen LogP contribution in [0.25, 0.3) is 0 Å². The van der Waals surface area contributed by atoms with Crippen molar-refractivity contribution < 1.29 is 57.2 Å². The van der Waals surface area contributed by atoms with Crippen molar-refractivity contribution in [1.82, 2.24) is 0 Å². The lowest BCUT2D eigenvalue weighted by molar-refractivity contribution is -0.170. The molecular weight excluding hydrogens is 1240 g/mol. The standard InChI is InChI=1S/C16H28O2.2C15H26O2.2C14H24O2.C13H22O2/c1-5-15(3,4)14(17)18-16(6-2)12-10-8-7-9-11-13-16;1-6-14(4,5)13(16)17-15(12(2)3)10-8-7-9-11-15;1-5-14(3,4)13(16)17-15(6-2)11-9-7-8-10-12-15;1-6-13(4,5)12(15)16-14(11(2)3)9-7-8-10-14;1-5-13(3,4)12(15)16-14(6-2)10-8-7-9-11-14;1-5-12(3,4)11(14)15-13(6-2)9-7-8-10-13/h6H,2,5,7-13H2,1,3-4H3;2,6-11H2,1,3-5H3;6H,2,5,7-12H2,1,3-4H3;2,6-10H2,1,3-5H3;6H,2,5,7-11H2,1,3-4H3;6H,2,5,7-10H2,1,3-4H3. The van der Waals surface area contributed by atoms with Crippen LogP contribution in [-0.4, -0.2) is 69.4 Å². The summed E-state index contributed by atoms with van der Waals surface area (Å²) in [4.78, 5) is 72.7. The zero-order valence-electron chi connectivity index (χ0n) is 67.6. The van der Waals surface area contributed by atoms with Crippen molar-refractivity contribution in [2.24, 2.45) is 32.5 Å². The quantitative estimate of drug-likeness (QED) is 0.0390. The van der Waals surface area contributed by atoms with Gasteiger partial charge in [-0.3, -0.25) is 28.8 Å². The van der Waals surface area contributed by atoms with Crippen LogP contribution in [0.15, 0.2) is 74.9 Å². The Hall–Kier alpha value is -4.74. The second-order valence-corrected chi connectivity index (χ2v) is 34.1. The summed E-state index contributed by atoms with van der Waals surface area (Å²) < 4.78 is 34.7. The molecule has 0 bridgehead atoms. The molecule has 0 saturated heterocycles. The zero-order chi connectivity index (χ0) is 75.9. The van der Waals surface area contributed by atoms with Crippen molar-refractivity contribution in [2.75, 3.05) is 0 Å². The molecule has 570 valence electrons. The van der Waals surface area contributed by atoms with E-state index in [1.165, 1.54) is 44.9 Å². The first-order valence-corrected chi connectivity index (χ1v) is 39.3. The summed E-state index contributed by atoms with van der Waals surface area (Å²) in [5, 5.41) is 0. The van der Waals surface area contributed by atoms with Gasteiger partial charge in [-0.1, -0.05) is 126 Å². The van der Waals surface area contributed by atoms with E-state index in [-0.39, 0.29) is 85.3 Å². The van der Waals surface area contributed by atoms with E-state index in [9.17, 15) is 28.8 Å². The number of ether oxygens (including phenoxy) is 6. The van der Waals surface area contributed by atoms with E-state index in [0.717, 1.165) is 204 Å². The number of carbonyl (C=O) groups excluding carboxylic acids is 6. The van der Waals surface area contributed by atoms with Gasteiger partial charge in [0.15, 0.2) is 0 Å². The van der Waals surface area contributed by atoms with Crippen molar-refractivity contribution >= 4 is 35.8 Å². The number of hydrogen-bond donors (Lipinski definition) is 0. The molecule has 0 spiro atoms. The second-order valence-electron chi connectivity index (χ2n) is 34.1. The average Bonchev–Trinajstić information content (AvgIpc) is 1.77. The van der Waals surface area contributed by atoms with Crippen LogP contribution >= 0.6 is 0 Å². The fourth-order valence-corrected chi connectivity index (χ4v) is 12.4. The lowest BCUT2D eigenvalue weighted by Gasteiger charge is -2.39. The van der Waals surface area contributed by atoms with Gasteiger partial charge in [-0.15, -0.1) is 0 Å². The molecule has 0 aliphatic heterocycles. The Morgan fingerprint density at radius 1 is 0.263 bits per heavy atom. The molecule has 0 aromatic rings. The fourth-order valence-electron chi connectivity index (χ4n) is 12.4. The van der Waals surface area contributed by atoms with E-state index < -0.39 is 16.6 Å². The smallest absolute Gasteiger partial charge is 0.312 e. The number of hydrogen-bond acceptors (Lipinski definition) is 12. The van der Waals surface area contributed by atoms with E-state index in [2.05, 4.69) is 39.5 Å². The number of rotatable bonds is 24. The molecule has 0 unspecified atom stereocenters. The van der Waals surface area contributed by atoms with Crippen molar-refractivity contribution in [3.8, 4) is 0 Å². The van der Waals surface area contributed by atoms with Crippen LogP contribution in [0.3, 0.4) is 0 Å². The lowest BCUT2D eigenvalue weighted by Crippen LogP contribution is -2.42. The summed E-state index contributed by atoms with van der Waals surface area (Å²) in [5.41, 5.74) is -2.65. The maximum Gasteiger partial charge on any atom is 0.312 e. The van der Waals surface area contributed by atoms with Crippen LogP contribution < -0.4 is 0 Å². The van der Waals surface area contributed by atoms with Gasteiger partial charge in [0.1, 0.15) is 33.6 Å². The first-order chi connectivity index (χ1) is 46.0. The minimum atomic E-state index is -0.413. The second kappa shape index (κ2) is 41.5. The Bertz CT molecular complexity index is 2540. The average molecular weight is 1390 g/mol. The molecule has 99 heavy (non-hydrogen) atoms. The number of esters is 6. The van der Waals surface area contributed by atoms with E-state index in [1.807, 2.05) is 163 Å². The molecule has 0 radical (unpaired) electrons. The van der Waals surface area contributed by atoms with Crippen molar-refractivity contribution in [2.45, 2.75) is 410 Å². The first kappa shape index (κ1) is 92.3. The highest BCUT2D eigenvalue weighted by atomic mass is 16.6. The third-order valence-electron chi connectivity index (χ3n) is 23.8. The van der Waals surface area contributed by atoms with Crippen LogP contribution in [0.2, 0.25) is 0 Å². The van der Waals surface area contributed by atoms with Crippen LogP contribution in [-0.2, 0) is 57.2 Å². The molecule has 0 amide bonds. The van der Waals surface area contributed by atoms with Crippen LogP contribution in [0, 0.1) is 32.5 Å². The Balaban J connectivity index is 0.000000594. The minimum absolute atomic E-state index is 0.0783. The van der Waals surface area contributed by atoms with Crippen LogP contribution in [0.1, 0.15) is 376 Å². The molecule has 6 aliphatic carbocycles. The summed E-state index contributed by atoms with van der Waals surface area (Å²) in [6, 6.07) is 0. The van der Waals surface area contributed by atoms with E-state index in [1.54, 1.807) is 0 Å². The van der Waals surface area contributed by atoms with Crippen LogP contribution in [0.4, 0.5) is 0 Å². The van der Waals surface area contributed by atoms with Gasteiger partial charge < -0.3 is 28.4 Å². The monoisotopic (exact) mass is 1390 g/mol. The first-order valence-electron chi connectivity index (χ1n) is 39.3. The van der Waals surface area contributed by atoms with Crippen LogP contribution in [0.5, 0.6) is 0 Å². The highest BCUT2D eigenvalue weighted by Crippen LogP contribution is 2.44. The molecule has 0 aromatic carbocycles. The molecule has 0 atom stereocenters. The number of carbonyl (C=O) groups is 6. The molecule has 12 nitrogen and oxygen atoms in total. The van der Waals surface area contributed by atoms with Crippen molar-refractivity contribution in [3.05, 3.63) is 74.9 Å². The molecule has 0 aromatic heterocycles. The summed E-state index contributed by atoms with van der Waals surface area (Å²) >= 11 is 0. The van der Waals surface area contributed by atoms with Gasteiger partial charge in [0.2, 0.25) is 0 Å². The van der Waals surface area contributed by atoms with Gasteiger partial charge in [0.25, 0.3) is 0 Å². The van der Waals surface area contributed by atoms with Gasteiger partial charge >= 0.3 is 35.8 Å². The molecule has 12 heteroatoms. The normalized spacial score (nSPS) is 20.1. The summed E-state index contributed by atoms with van der Waals surface area (Å²) in [7, 11) is 0. The van der Waals surface area contributed by atoms with Gasteiger partial charge in [-0.25, -0.2) is 0 Å². The summed E-state index contributed by atoms with van der Waals surface area (Å²) in [6.45, 7) is 62.9. The van der Waals surface area contributed by atoms with Crippen molar-refractivity contribution in [3.63, 3.8) is 0 Å². The van der Waals surface area contributed by atoms with Gasteiger partial charge in [-0.2, -0.15) is 0 Å². The van der Waals surface area contributed by atoms with Gasteiger partial charge in [0.05, 0.1) is 32.5 Å². The molecule has 0 N–H and O–H groups in total. The molecule has 6 fully saturated rings. The molecule has 6 rings (SSSR count). The Kier molecular flexibility index (Phi) is 38.7. The molecule has 6 saturated carbocycles. The SMILES string of the molecule is C=C(C)C1(OC(=O)C(C)(C)CC)CCCC1.C=C(C)C1(OC(=O)C(C)(C)CC)CCCCC1.C=CC1(OC(=O)C(C)(C)CC)CCCC1.C=CC1(OC(=O)C(C)(C)CC)CCCCC1.C=CC1(OC(=O)C(C)(C)CC)CCCCCC1.C=CC1(OC(=O)C(C)(C)CC)CCCCCCC1. The highest BCUT2D eigenvalue weighted by Gasteiger charge is 2.45. The fraction of sp³-hybridized carbons (Fsp3) is 0.793. The maximum absolute atomic E-state index is 12.3. The topological polar surface area (TPSA) is 158 Å². The Morgan fingerprint density at radius 3 is 0.556 bits per heavy atom. The molecule has 0 heterocycles. The Morgan fingerprint density at radius 2 is 0.394 bits per heavy atom. The highest BCUT2D eigenvalue weighted by molar-refractivity contribution is 5.79. The summed E-state index contributed by atoms with van der Waals surface area (Å²) in [5.74, 6) is -0.499. The molecular formula is C87H150O12. The van der Waals surface area contributed by atoms with E-state index in [4.69, 9.17) is 28.4 Å². The Labute approximate surface area is 607 Å². The predicted molar refractivity (Wildman–Crippen MR) is 411 cm³/mol. The largest absolute Gasteiger partial charge is 0.454 e. The van der Waals surface area contributed by atoms with Crippen molar-refractivity contribution in [1.29, 1.82) is 0 Å². The third-order valence-corrected chi connectivity index (χ3v) is 23.8. The van der Waals surface area contributed by atoms with Gasteiger partial charge in [-0.05, 0) is 325 Å². The lowest BCUT2D eigenvalue weighted by atomic mass is 9.79.